The van der Waals surface area contributed by atoms with Gasteiger partial charge in [-0.15, -0.1) is 0 Å². The van der Waals surface area contributed by atoms with E-state index in [1.165, 1.54) is 0 Å². The quantitative estimate of drug-likeness (QED) is 0.670. The van der Waals surface area contributed by atoms with Gasteiger partial charge in [0, 0.05) is 17.5 Å². The van der Waals surface area contributed by atoms with Crippen molar-refractivity contribution in [2.24, 2.45) is 10.7 Å². The molecule has 1 aromatic heterocycles. The summed E-state index contributed by atoms with van der Waals surface area (Å²) in [5.41, 5.74) is 8.98. The zero-order valence-corrected chi connectivity index (χ0v) is 12.8. The Hall–Kier alpha value is -2.50. The van der Waals surface area contributed by atoms with Crippen LogP contribution in [0.3, 0.4) is 0 Å². The van der Waals surface area contributed by atoms with E-state index in [0.717, 1.165) is 34.8 Å². The first-order valence-corrected chi connectivity index (χ1v) is 7.35. The van der Waals surface area contributed by atoms with Crippen molar-refractivity contribution in [2.75, 3.05) is 6.61 Å². The average molecular weight is 300 g/mol. The number of hydrogen-bond acceptors (Lipinski definition) is 4. The first-order chi connectivity index (χ1) is 10.6. The zero-order valence-electron chi connectivity index (χ0n) is 12.8. The molecule has 0 saturated carbocycles. The molecule has 0 fully saturated rings. The fourth-order valence-corrected chi connectivity index (χ4v) is 2.61. The summed E-state index contributed by atoms with van der Waals surface area (Å²) in [7, 11) is 0. The normalized spacial score (nSPS) is 17.7. The third-order valence-corrected chi connectivity index (χ3v) is 3.87. The van der Waals surface area contributed by atoms with Crippen molar-refractivity contribution >= 4 is 5.96 Å². The summed E-state index contributed by atoms with van der Waals surface area (Å²) in [4.78, 5) is 4.40. The summed E-state index contributed by atoms with van der Waals surface area (Å²) in [5, 5.41) is 7.19. The van der Waals surface area contributed by atoms with Crippen LogP contribution in [0.4, 0.5) is 0 Å². The minimum absolute atomic E-state index is 0.123. The van der Waals surface area contributed by atoms with Gasteiger partial charge in [0.25, 0.3) is 0 Å². The van der Waals surface area contributed by atoms with Crippen LogP contribution in [0.15, 0.2) is 33.8 Å². The molecule has 2 aromatic rings. The zero-order chi connectivity index (χ0) is 15.5. The van der Waals surface area contributed by atoms with Crippen LogP contribution in [-0.2, 0) is 6.54 Å². The van der Waals surface area contributed by atoms with Crippen molar-refractivity contribution in [3.63, 3.8) is 0 Å². The number of benzene rings is 1. The second-order valence-electron chi connectivity index (χ2n) is 5.38. The molecular weight excluding hydrogens is 280 g/mol. The van der Waals surface area contributed by atoms with Crippen molar-refractivity contribution in [3.05, 3.63) is 46.8 Å². The molecule has 0 bridgehead atoms. The highest BCUT2D eigenvalue weighted by Crippen LogP contribution is 2.31. The van der Waals surface area contributed by atoms with Gasteiger partial charge >= 0.3 is 0 Å². The molecular formula is C16H20N4O2. The standard InChI is InChI=1S/C16H20N4O2/c1-10-13(11(2)22-20-10)9-18-16(17)19-14-7-8-21-15-6-4-3-5-12(14)15/h3-6,14H,7-9H2,1-2H3,(H3,17,18,19). The van der Waals surface area contributed by atoms with Gasteiger partial charge < -0.3 is 20.3 Å². The van der Waals surface area contributed by atoms with E-state index >= 15 is 0 Å². The minimum Gasteiger partial charge on any atom is -0.493 e. The van der Waals surface area contributed by atoms with Gasteiger partial charge in [-0.1, -0.05) is 23.4 Å². The summed E-state index contributed by atoms with van der Waals surface area (Å²) < 4.78 is 10.8. The summed E-state index contributed by atoms with van der Waals surface area (Å²) in [5.74, 6) is 2.11. The number of aliphatic imine (C=N–C) groups is 1. The molecule has 0 saturated heterocycles. The fraction of sp³-hybridized carbons (Fsp3) is 0.375. The van der Waals surface area contributed by atoms with Crippen LogP contribution in [0.1, 0.15) is 35.0 Å². The lowest BCUT2D eigenvalue weighted by Crippen LogP contribution is -2.37. The third kappa shape index (κ3) is 2.90. The van der Waals surface area contributed by atoms with Crippen molar-refractivity contribution < 1.29 is 9.26 Å². The maximum absolute atomic E-state index is 6.03. The minimum atomic E-state index is 0.123. The SMILES string of the molecule is Cc1noc(C)c1CN=C(N)NC1CCOc2ccccc21. The van der Waals surface area contributed by atoms with E-state index in [-0.39, 0.29) is 6.04 Å². The van der Waals surface area contributed by atoms with Crippen molar-refractivity contribution in [1.29, 1.82) is 0 Å². The van der Waals surface area contributed by atoms with Crippen LogP contribution in [-0.4, -0.2) is 17.7 Å². The van der Waals surface area contributed by atoms with E-state index in [9.17, 15) is 0 Å². The van der Waals surface area contributed by atoms with Gasteiger partial charge in [0.05, 0.1) is 24.9 Å². The smallest absolute Gasteiger partial charge is 0.189 e. The molecule has 0 aliphatic carbocycles. The van der Waals surface area contributed by atoms with Crippen LogP contribution in [0, 0.1) is 13.8 Å². The number of fused-ring (bicyclic) bond motifs is 1. The van der Waals surface area contributed by atoms with Gasteiger partial charge in [-0.05, 0) is 19.9 Å². The topological polar surface area (TPSA) is 85.7 Å². The van der Waals surface area contributed by atoms with E-state index < -0.39 is 0 Å². The summed E-state index contributed by atoms with van der Waals surface area (Å²) in [6.07, 6.45) is 0.860. The number of aryl methyl sites for hydroxylation is 2. The van der Waals surface area contributed by atoms with Crippen molar-refractivity contribution in [1.82, 2.24) is 10.5 Å². The Morgan fingerprint density at radius 2 is 2.23 bits per heavy atom. The van der Waals surface area contributed by atoms with E-state index in [0.29, 0.717) is 19.1 Å². The average Bonchev–Trinajstić information content (AvgIpc) is 2.84. The van der Waals surface area contributed by atoms with Crippen molar-refractivity contribution in [2.45, 2.75) is 32.9 Å². The first-order valence-electron chi connectivity index (χ1n) is 7.35. The highest BCUT2D eigenvalue weighted by molar-refractivity contribution is 5.78. The molecule has 0 radical (unpaired) electrons. The molecule has 1 aliphatic rings. The fourth-order valence-electron chi connectivity index (χ4n) is 2.61. The van der Waals surface area contributed by atoms with E-state index in [1.807, 2.05) is 38.1 Å². The molecule has 1 atom stereocenters. The largest absolute Gasteiger partial charge is 0.493 e. The Morgan fingerprint density at radius 1 is 1.41 bits per heavy atom. The van der Waals surface area contributed by atoms with Crippen LogP contribution in [0.2, 0.25) is 0 Å². The molecule has 2 heterocycles. The van der Waals surface area contributed by atoms with Gasteiger partial charge in [-0.2, -0.15) is 0 Å². The van der Waals surface area contributed by atoms with E-state index in [4.69, 9.17) is 15.0 Å². The molecule has 6 heteroatoms. The van der Waals surface area contributed by atoms with Crippen LogP contribution >= 0.6 is 0 Å². The van der Waals surface area contributed by atoms with Gasteiger partial charge in [-0.25, -0.2) is 4.99 Å². The molecule has 0 spiro atoms. The summed E-state index contributed by atoms with van der Waals surface area (Å²) >= 11 is 0. The first kappa shape index (κ1) is 14.4. The molecule has 116 valence electrons. The maximum atomic E-state index is 6.03. The summed E-state index contributed by atoms with van der Waals surface area (Å²) in [6, 6.07) is 8.11. The molecule has 1 aromatic carbocycles. The van der Waals surface area contributed by atoms with Crippen LogP contribution in [0.25, 0.3) is 0 Å². The highest BCUT2D eigenvalue weighted by Gasteiger charge is 2.21. The number of guanidine groups is 1. The van der Waals surface area contributed by atoms with Gasteiger partial charge in [0.2, 0.25) is 0 Å². The predicted octanol–water partition coefficient (Wildman–Crippen LogP) is 2.22. The number of nitrogens with one attached hydrogen (secondary N) is 1. The molecule has 22 heavy (non-hydrogen) atoms. The Morgan fingerprint density at radius 3 is 3.00 bits per heavy atom. The third-order valence-electron chi connectivity index (χ3n) is 3.87. The van der Waals surface area contributed by atoms with Crippen LogP contribution < -0.4 is 15.8 Å². The Labute approximate surface area is 129 Å². The maximum Gasteiger partial charge on any atom is 0.189 e. The number of para-hydroxylation sites is 1. The van der Waals surface area contributed by atoms with E-state index in [1.54, 1.807) is 0 Å². The second-order valence-corrected chi connectivity index (χ2v) is 5.38. The van der Waals surface area contributed by atoms with Gasteiger partial charge in [-0.3, -0.25) is 0 Å². The Kier molecular flexibility index (Phi) is 4.00. The lowest BCUT2D eigenvalue weighted by Gasteiger charge is -2.26. The number of hydrogen-bond donors (Lipinski definition) is 2. The number of aromatic nitrogens is 1. The van der Waals surface area contributed by atoms with Gasteiger partial charge in [0.15, 0.2) is 5.96 Å². The van der Waals surface area contributed by atoms with E-state index in [2.05, 4.69) is 15.5 Å². The van der Waals surface area contributed by atoms with Crippen LogP contribution in [0.5, 0.6) is 5.75 Å². The summed E-state index contributed by atoms with van der Waals surface area (Å²) in [6.45, 7) is 4.92. The molecule has 1 aliphatic heterocycles. The lowest BCUT2D eigenvalue weighted by molar-refractivity contribution is 0.262. The van der Waals surface area contributed by atoms with Crippen molar-refractivity contribution in [3.8, 4) is 5.75 Å². The number of ether oxygens (including phenoxy) is 1. The number of nitrogens with two attached hydrogens (primary N) is 1. The predicted molar refractivity (Wildman–Crippen MR) is 83.7 cm³/mol. The lowest BCUT2D eigenvalue weighted by atomic mass is 10.0. The molecule has 1 unspecified atom stereocenters. The number of rotatable bonds is 3. The Bertz CT molecular complexity index is 674. The van der Waals surface area contributed by atoms with Gasteiger partial charge in [0.1, 0.15) is 11.5 Å². The molecule has 0 amide bonds. The monoisotopic (exact) mass is 300 g/mol. The second kappa shape index (κ2) is 6.09. The molecule has 3 N–H and O–H groups in total. The number of nitrogens with zero attached hydrogens (tertiary/aromatic N) is 2. The molecule has 6 nitrogen and oxygen atoms in total. The highest BCUT2D eigenvalue weighted by atomic mass is 16.5. The Balaban J connectivity index is 1.70. The molecule has 3 rings (SSSR count).